The van der Waals surface area contributed by atoms with E-state index in [1.54, 1.807) is 0 Å². The highest BCUT2D eigenvalue weighted by Gasteiger charge is 2.21. The number of fused-ring (bicyclic) bond motifs is 13. The Morgan fingerprint density at radius 2 is 0.880 bits per heavy atom. The molecule has 50 heavy (non-hydrogen) atoms. The minimum Gasteiger partial charge on any atom is -0.456 e. The lowest BCUT2D eigenvalue weighted by atomic mass is 9.90. The fourth-order valence-corrected chi connectivity index (χ4v) is 7.92. The van der Waals surface area contributed by atoms with Crippen molar-refractivity contribution in [3.8, 4) is 33.5 Å². The molecule has 3 aromatic heterocycles. The van der Waals surface area contributed by atoms with Crippen LogP contribution in [-0.2, 0) is 0 Å². The first kappa shape index (κ1) is 27.2. The van der Waals surface area contributed by atoms with Crippen molar-refractivity contribution < 1.29 is 8.83 Å². The summed E-state index contributed by atoms with van der Waals surface area (Å²) < 4.78 is 13.1. The quantitative estimate of drug-likeness (QED) is 0.181. The number of furan rings is 2. The lowest BCUT2D eigenvalue weighted by Crippen LogP contribution is -1.94. The van der Waals surface area contributed by atoms with E-state index in [0.717, 1.165) is 99.2 Å². The van der Waals surface area contributed by atoms with Gasteiger partial charge in [0.25, 0.3) is 0 Å². The van der Waals surface area contributed by atoms with Gasteiger partial charge in [0.15, 0.2) is 0 Å². The number of para-hydroxylation sites is 2. The number of hydrogen-bond donors (Lipinski definition) is 0. The molecule has 0 saturated carbocycles. The van der Waals surface area contributed by atoms with Gasteiger partial charge in [-0.15, -0.1) is 0 Å². The Bertz CT molecular complexity index is 3130. The van der Waals surface area contributed by atoms with Crippen molar-refractivity contribution in [3.05, 3.63) is 158 Å². The minimum absolute atomic E-state index is 0.825. The zero-order valence-corrected chi connectivity index (χ0v) is 26.7. The van der Waals surface area contributed by atoms with E-state index in [9.17, 15) is 0 Å². The van der Waals surface area contributed by atoms with Gasteiger partial charge in [-0.25, -0.2) is 4.98 Å². The Balaban J connectivity index is 1.14. The fraction of sp³-hybridized carbons (Fsp3) is 0. The van der Waals surface area contributed by atoms with Crippen molar-refractivity contribution in [1.29, 1.82) is 0 Å². The lowest BCUT2D eigenvalue weighted by molar-refractivity contribution is 0.663. The lowest BCUT2D eigenvalue weighted by Gasteiger charge is -2.15. The number of hydrogen-bond acceptors (Lipinski definition) is 4. The van der Waals surface area contributed by atoms with Crippen molar-refractivity contribution in [2.24, 2.45) is 0 Å². The average molecular weight is 639 g/mol. The summed E-state index contributed by atoms with van der Waals surface area (Å²) in [6, 6.07) is 52.8. The molecule has 0 saturated heterocycles. The second kappa shape index (κ2) is 10.4. The second-order valence-electron chi connectivity index (χ2n) is 12.8. The van der Waals surface area contributed by atoms with Crippen LogP contribution in [0.3, 0.4) is 0 Å². The summed E-state index contributed by atoms with van der Waals surface area (Å²) in [5, 5.41) is 8.79. The maximum Gasteiger partial charge on any atom is 0.147 e. The van der Waals surface area contributed by atoms with Crippen LogP contribution in [0.1, 0.15) is 0 Å². The molecule has 0 radical (unpaired) electrons. The van der Waals surface area contributed by atoms with Crippen molar-refractivity contribution >= 4 is 76.5 Å². The summed E-state index contributed by atoms with van der Waals surface area (Å²) >= 11 is 0. The average Bonchev–Trinajstić information content (AvgIpc) is 3.76. The molecule has 232 valence electrons. The van der Waals surface area contributed by atoms with E-state index in [1.807, 2.05) is 24.4 Å². The van der Waals surface area contributed by atoms with Crippen LogP contribution in [0.15, 0.2) is 167 Å². The third kappa shape index (κ3) is 3.81. The molecule has 8 aromatic carbocycles. The predicted octanol–water partition coefficient (Wildman–Crippen LogP) is 12.7. The molecule has 3 heterocycles. The van der Waals surface area contributed by atoms with E-state index < -0.39 is 0 Å². The summed E-state index contributed by atoms with van der Waals surface area (Å²) in [7, 11) is 0. The van der Waals surface area contributed by atoms with Gasteiger partial charge in [-0.2, -0.15) is 0 Å². The fourth-order valence-electron chi connectivity index (χ4n) is 7.92. The Morgan fingerprint density at radius 1 is 0.340 bits per heavy atom. The van der Waals surface area contributed by atoms with E-state index in [-0.39, 0.29) is 0 Å². The first-order chi connectivity index (χ1) is 24.8. The summed E-state index contributed by atoms with van der Waals surface area (Å²) in [6.45, 7) is 0. The third-order valence-corrected chi connectivity index (χ3v) is 10.1. The Kier molecular flexibility index (Phi) is 5.63. The van der Waals surface area contributed by atoms with Crippen LogP contribution in [-0.4, -0.2) is 9.97 Å². The summed E-state index contributed by atoms with van der Waals surface area (Å²) in [6.07, 6.45) is 1.92. The molecule has 0 bridgehead atoms. The molecule has 0 N–H and O–H groups in total. The first-order valence-corrected chi connectivity index (χ1v) is 16.8. The topological polar surface area (TPSA) is 52.1 Å². The van der Waals surface area contributed by atoms with E-state index in [0.29, 0.717) is 0 Å². The molecule has 11 aromatic rings. The van der Waals surface area contributed by atoms with Crippen LogP contribution in [0, 0.1) is 0 Å². The highest BCUT2D eigenvalue weighted by Crippen LogP contribution is 2.45. The SMILES string of the molecule is c1ccc(-c2ccccc2-c2cccc3c2oc2c3ccc3oc4ccccc4c32)c(-c2cnc3c4ccccc4c4ccccc4c3n2)c1. The molecule has 4 heteroatoms. The van der Waals surface area contributed by atoms with Gasteiger partial charge in [0.1, 0.15) is 22.3 Å². The molecule has 11 rings (SSSR count). The standard InChI is InChI=1S/C46H26N2O2/c1-2-16-31(35-21-11-22-36-37-24-25-41-42(46(37)50-45(35)36)38-20-9-10-23-40(38)49-41)27(12-1)28-13-3-6-17-32(28)39-26-47-43-33-18-7-4-14-29(33)30-15-5-8-19-34(30)44(43)48-39/h1-26H. The van der Waals surface area contributed by atoms with Gasteiger partial charge in [0.2, 0.25) is 0 Å². The Labute approximate surface area is 285 Å². The predicted molar refractivity (Wildman–Crippen MR) is 205 cm³/mol. The van der Waals surface area contributed by atoms with Crippen molar-refractivity contribution in [1.82, 2.24) is 9.97 Å². The number of benzene rings is 8. The van der Waals surface area contributed by atoms with Crippen LogP contribution in [0.2, 0.25) is 0 Å². The summed E-state index contributed by atoms with van der Waals surface area (Å²) in [5.41, 5.74) is 11.4. The van der Waals surface area contributed by atoms with E-state index >= 15 is 0 Å². The Morgan fingerprint density at radius 3 is 1.64 bits per heavy atom. The highest BCUT2D eigenvalue weighted by atomic mass is 16.3. The molecular weight excluding hydrogens is 613 g/mol. The largest absolute Gasteiger partial charge is 0.456 e. The molecule has 0 fully saturated rings. The van der Waals surface area contributed by atoms with Gasteiger partial charge in [-0.1, -0.05) is 133 Å². The number of rotatable bonds is 3. The van der Waals surface area contributed by atoms with E-state index in [2.05, 4.69) is 133 Å². The molecule has 0 unspecified atom stereocenters. The zero-order chi connectivity index (χ0) is 32.8. The summed E-state index contributed by atoms with van der Waals surface area (Å²) in [5.74, 6) is 0. The van der Waals surface area contributed by atoms with Gasteiger partial charge < -0.3 is 8.83 Å². The zero-order valence-electron chi connectivity index (χ0n) is 26.7. The number of nitrogens with zero attached hydrogens (tertiary/aromatic N) is 2. The molecule has 0 spiro atoms. The van der Waals surface area contributed by atoms with Crippen LogP contribution < -0.4 is 0 Å². The summed E-state index contributed by atoms with van der Waals surface area (Å²) in [4.78, 5) is 10.4. The van der Waals surface area contributed by atoms with Gasteiger partial charge >= 0.3 is 0 Å². The maximum absolute atomic E-state index is 6.87. The van der Waals surface area contributed by atoms with E-state index in [1.165, 1.54) is 10.8 Å². The first-order valence-electron chi connectivity index (χ1n) is 16.8. The molecule has 0 amide bonds. The molecule has 0 aliphatic heterocycles. The normalized spacial score (nSPS) is 12.0. The van der Waals surface area contributed by atoms with Crippen LogP contribution >= 0.6 is 0 Å². The van der Waals surface area contributed by atoms with Gasteiger partial charge in [-0.05, 0) is 45.7 Å². The van der Waals surface area contributed by atoms with Crippen molar-refractivity contribution in [2.75, 3.05) is 0 Å². The van der Waals surface area contributed by atoms with Gasteiger partial charge in [-0.3, -0.25) is 4.98 Å². The van der Waals surface area contributed by atoms with Crippen molar-refractivity contribution in [2.45, 2.75) is 0 Å². The smallest absolute Gasteiger partial charge is 0.147 e. The molecule has 0 aliphatic rings. The third-order valence-electron chi connectivity index (χ3n) is 10.1. The maximum atomic E-state index is 6.87. The van der Waals surface area contributed by atoms with Gasteiger partial charge in [0.05, 0.1) is 28.3 Å². The van der Waals surface area contributed by atoms with Crippen LogP contribution in [0.5, 0.6) is 0 Å². The Hall–Kier alpha value is -6.78. The highest BCUT2D eigenvalue weighted by molar-refractivity contribution is 6.24. The van der Waals surface area contributed by atoms with E-state index in [4.69, 9.17) is 18.8 Å². The molecule has 4 nitrogen and oxygen atoms in total. The molecule has 0 aliphatic carbocycles. The van der Waals surface area contributed by atoms with Crippen LogP contribution in [0.4, 0.5) is 0 Å². The molecular formula is C46H26N2O2. The second-order valence-corrected chi connectivity index (χ2v) is 12.8. The van der Waals surface area contributed by atoms with Gasteiger partial charge in [0, 0.05) is 38.1 Å². The minimum atomic E-state index is 0.825. The monoisotopic (exact) mass is 638 g/mol. The van der Waals surface area contributed by atoms with Crippen LogP contribution in [0.25, 0.3) is 110 Å². The number of aromatic nitrogens is 2. The van der Waals surface area contributed by atoms with Crippen molar-refractivity contribution in [3.63, 3.8) is 0 Å². The molecule has 0 atom stereocenters.